The van der Waals surface area contributed by atoms with Gasteiger partial charge in [0.05, 0.1) is 22.2 Å². The van der Waals surface area contributed by atoms with E-state index in [-0.39, 0.29) is 0 Å². The summed E-state index contributed by atoms with van der Waals surface area (Å²) in [6, 6.07) is 63.4. The lowest BCUT2D eigenvalue weighted by Gasteiger charge is -2.12. The zero-order chi connectivity index (χ0) is 34.2. The van der Waals surface area contributed by atoms with E-state index in [1.165, 1.54) is 66.1 Å². The lowest BCUT2D eigenvalue weighted by Crippen LogP contribution is -2.03. The van der Waals surface area contributed by atoms with Crippen LogP contribution in [0.3, 0.4) is 0 Å². The standard InChI is InChI=1S/C49H31N3/c1-2-10-31(11-3-1)32-18-21-34(22-19-32)48-40-14-6-8-16-44(40)50-49(51-48)52-45-17-9-7-15-41(45)47-43-30-36(23-20-33(43)26-27-46(47)52)35-24-25-38-28-37-12-4-5-13-39(37)42(38)29-35/h1-27,29-30H,28H2. The van der Waals surface area contributed by atoms with Crippen molar-refractivity contribution in [2.45, 2.75) is 6.42 Å². The fourth-order valence-corrected chi connectivity index (χ4v) is 8.32. The molecule has 2 heterocycles. The van der Waals surface area contributed by atoms with Gasteiger partial charge in [0.15, 0.2) is 0 Å². The third-order valence-electron chi connectivity index (χ3n) is 10.8. The van der Waals surface area contributed by atoms with Gasteiger partial charge in [-0.25, -0.2) is 9.97 Å². The van der Waals surface area contributed by atoms with E-state index in [9.17, 15) is 0 Å². The SMILES string of the molecule is c1ccc(-c2ccc(-c3nc(-n4c5ccccc5c5c6cc(-c7ccc8c(c7)-c7ccccc7C8)ccc6ccc54)nc4ccccc34)cc2)cc1. The Morgan fingerprint density at radius 3 is 1.96 bits per heavy atom. The van der Waals surface area contributed by atoms with Crippen LogP contribution < -0.4 is 0 Å². The number of hydrogen-bond donors (Lipinski definition) is 0. The summed E-state index contributed by atoms with van der Waals surface area (Å²) < 4.78 is 2.25. The molecule has 0 atom stereocenters. The third-order valence-corrected chi connectivity index (χ3v) is 10.8. The molecular weight excluding hydrogens is 631 g/mol. The molecule has 52 heavy (non-hydrogen) atoms. The Labute approximate surface area is 301 Å². The van der Waals surface area contributed by atoms with Crippen LogP contribution in [-0.2, 0) is 6.42 Å². The molecular formula is C49H31N3. The van der Waals surface area contributed by atoms with Crippen LogP contribution in [0.15, 0.2) is 176 Å². The van der Waals surface area contributed by atoms with Crippen molar-refractivity contribution in [2.24, 2.45) is 0 Å². The summed E-state index contributed by atoms with van der Waals surface area (Å²) in [4.78, 5) is 10.6. The van der Waals surface area contributed by atoms with Gasteiger partial charge in [-0.1, -0.05) is 146 Å². The minimum Gasteiger partial charge on any atom is -0.278 e. The molecule has 11 rings (SSSR count). The third kappa shape index (κ3) is 4.46. The first-order valence-electron chi connectivity index (χ1n) is 17.9. The molecule has 0 N–H and O–H groups in total. The minimum atomic E-state index is 0.667. The van der Waals surface area contributed by atoms with Crippen molar-refractivity contribution in [1.82, 2.24) is 14.5 Å². The van der Waals surface area contributed by atoms with E-state index < -0.39 is 0 Å². The van der Waals surface area contributed by atoms with Crippen molar-refractivity contribution in [3.8, 4) is 50.6 Å². The molecule has 2 aromatic heterocycles. The topological polar surface area (TPSA) is 30.7 Å². The second kappa shape index (κ2) is 11.3. The first-order valence-corrected chi connectivity index (χ1v) is 17.9. The molecule has 8 aromatic carbocycles. The van der Waals surface area contributed by atoms with Crippen molar-refractivity contribution >= 4 is 43.5 Å². The van der Waals surface area contributed by atoms with E-state index in [2.05, 4.69) is 180 Å². The van der Waals surface area contributed by atoms with Gasteiger partial charge in [0.25, 0.3) is 0 Å². The highest BCUT2D eigenvalue weighted by Crippen LogP contribution is 2.42. The normalized spacial score (nSPS) is 12.2. The molecule has 3 heteroatoms. The maximum Gasteiger partial charge on any atom is 0.235 e. The van der Waals surface area contributed by atoms with Gasteiger partial charge in [-0.2, -0.15) is 0 Å². The summed E-state index contributed by atoms with van der Waals surface area (Å²) in [6.45, 7) is 0. The Kier molecular flexibility index (Phi) is 6.31. The number of fused-ring (bicyclic) bond motifs is 9. The molecule has 0 amide bonds. The molecule has 0 fully saturated rings. The van der Waals surface area contributed by atoms with Gasteiger partial charge in [-0.05, 0) is 92.0 Å². The van der Waals surface area contributed by atoms with Gasteiger partial charge in [0.1, 0.15) is 0 Å². The number of para-hydroxylation sites is 2. The van der Waals surface area contributed by atoms with Crippen molar-refractivity contribution in [1.29, 1.82) is 0 Å². The predicted molar refractivity (Wildman–Crippen MR) is 216 cm³/mol. The van der Waals surface area contributed by atoms with Gasteiger partial charge >= 0.3 is 0 Å². The summed E-state index contributed by atoms with van der Waals surface area (Å²) in [7, 11) is 0. The molecule has 0 aliphatic heterocycles. The fraction of sp³-hybridized carbons (Fsp3) is 0.0204. The largest absolute Gasteiger partial charge is 0.278 e. The van der Waals surface area contributed by atoms with E-state index in [0.29, 0.717) is 5.95 Å². The Morgan fingerprint density at radius 1 is 0.404 bits per heavy atom. The van der Waals surface area contributed by atoms with Crippen molar-refractivity contribution < 1.29 is 0 Å². The summed E-state index contributed by atoms with van der Waals surface area (Å²) in [6.07, 6.45) is 1.00. The van der Waals surface area contributed by atoms with E-state index in [0.717, 1.165) is 39.6 Å². The van der Waals surface area contributed by atoms with Crippen molar-refractivity contribution in [3.63, 3.8) is 0 Å². The molecule has 1 aliphatic rings. The van der Waals surface area contributed by atoms with E-state index >= 15 is 0 Å². The first kappa shape index (κ1) is 28.9. The molecule has 1 aliphatic carbocycles. The average Bonchev–Trinajstić information content (AvgIpc) is 3.76. The van der Waals surface area contributed by atoms with Crippen LogP contribution in [0.25, 0.3) is 94.1 Å². The Morgan fingerprint density at radius 2 is 1.06 bits per heavy atom. The van der Waals surface area contributed by atoms with Crippen LogP contribution in [0.2, 0.25) is 0 Å². The second-order valence-corrected chi connectivity index (χ2v) is 13.8. The van der Waals surface area contributed by atoms with Crippen LogP contribution >= 0.6 is 0 Å². The highest BCUT2D eigenvalue weighted by molar-refractivity contribution is 6.21. The molecule has 0 bridgehead atoms. The lowest BCUT2D eigenvalue weighted by molar-refractivity contribution is 1.01. The van der Waals surface area contributed by atoms with Crippen LogP contribution in [0.1, 0.15) is 11.1 Å². The molecule has 242 valence electrons. The van der Waals surface area contributed by atoms with Gasteiger partial charge < -0.3 is 0 Å². The van der Waals surface area contributed by atoms with E-state index in [1.54, 1.807) is 0 Å². The number of rotatable bonds is 4. The zero-order valence-electron chi connectivity index (χ0n) is 28.3. The minimum absolute atomic E-state index is 0.667. The van der Waals surface area contributed by atoms with E-state index in [1.807, 2.05) is 0 Å². The quantitative estimate of drug-likeness (QED) is 0.188. The smallest absolute Gasteiger partial charge is 0.235 e. The van der Waals surface area contributed by atoms with Crippen LogP contribution in [0.5, 0.6) is 0 Å². The van der Waals surface area contributed by atoms with Gasteiger partial charge in [-0.15, -0.1) is 0 Å². The molecule has 0 saturated heterocycles. The van der Waals surface area contributed by atoms with Crippen molar-refractivity contribution in [3.05, 3.63) is 187 Å². The fourth-order valence-electron chi connectivity index (χ4n) is 8.32. The van der Waals surface area contributed by atoms with Gasteiger partial charge in [-0.3, -0.25) is 4.57 Å². The summed E-state index contributed by atoms with van der Waals surface area (Å²) in [5.41, 5.74) is 15.4. The number of aromatic nitrogens is 3. The molecule has 0 radical (unpaired) electrons. The van der Waals surface area contributed by atoms with Crippen molar-refractivity contribution in [2.75, 3.05) is 0 Å². The van der Waals surface area contributed by atoms with Crippen LogP contribution in [-0.4, -0.2) is 14.5 Å². The Bertz CT molecular complexity index is 3030. The molecule has 0 saturated carbocycles. The predicted octanol–water partition coefficient (Wildman–Crippen LogP) is 12.5. The summed E-state index contributed by atoms with van der Waals surface area (Å²) in [5, 5.41) is 5.87. The first-order chi connectivity index (χ1) is 25.8. The molecule has 3 nitrogen and oxygen atoms in total. The number of benzene rings is 8. The average molecular weight is 662 g/mol. The number of hydrogen-bond acceptors (Lipinski definition) is 2. The van der Waals surface area contributed by atoms with Crippen LogP contribution in [0, 0.1) is 0 Å². The van der Waals surface area contributed by atoms with Gasteiger partial charge in [0.2, 0.25) is 5.95 Å². The summed E-state index contributed by atoms with van der Waals surface area (Å²) in [5.74, 6) is 0.667. The Hall–Kier alpha value is -6.84. The molecule has 0 spiro atoms. The lowest BCUT2D eigenvalue weighted by atomic mass is 9.95. The summed E-state index contributed by atoms with van der Waals surface area (Å²) >= 11 is 0. The molecule has 10 aromatic rings. The molecule has 0 unspecified atom stereocenters. The highest BCUT2D eigenvalue weighted by Gasteiger charge is 2.21. The van der Waals surface area contributed by atoms with Crippen LogP contribution in [0.4, 0.5) is 0 Å². The second-order valence-electron chi connectivity index (χ2n) is 13.8. The Balaban J connectivity index is 1.10. The van der Waals surface area contributed by atoms with E-state index in [4.69, 9.17) is 9.97 Å². The maximum absolute atomic E-state index is 5.37. The maximum atomic E-state index is 5.37. The van der Waals surface area contributed by atoms with Gasteiger partial charge in [0, 0.05) is 21.7 Å². The monoisotopic (exact) mass is 661 g/mol. The zero-order valence-corrected chi connectivity index (χ0v) is 28.3. The number of nitrogens with zero attached hydrogens (tertiary/aromatic N) is 3. The highest BCUT2D eigenvalue weighted by atomic mass is 15.2.